The highest BCUT2D eigenvalue weighted by Crippen LogP contribution is 2.26. The number of piperidine rings is 1. The number of rotatable bonds is 5. The van der Waals surface area contributed by atoms with E-state index in [1.165, 1.54) is 6.07 Å². The van der Waals surface area contributed by atoms with Crippen molar-refractivity contribution in [1.82, 2.24) is 10.6 Å². The molecule has 0 aliphatic carbocycles. The maximum absolute atomic E-state index is 12.3. The molecule has 1 amide bonds. The quantitative estimate of drug-likeness (QED) is 0.877. The van der Waals surface area contributed by atoms with Crippen molar-refractivity contribution in [3.63, 3.8) is 0 Å². The zero-order chi connectivity index (χ0) is 15.3. The number of hydrogen-bond donors (Lipinski definition) is 2. The molecule has 1 unspecified atom stereocenters. The van der Waals surface area contributed by atoms with E-state index < -0.39 is 12.0 Å². The van der Waals surface area contributed by atoms with Crippen molar-refractivity contribution in [2.24, 2.45) is 5.41 Å². The maximum atomic E-state index is 12.3. The molecule has 1 heterocycles. The van der Waals surface area contributed by atoms with Crippen LogP contribution in [0.25, 0.3) is 0 Å². The van der Waals surface area contributed by atoms with Gasteiger partial charge in [-0.3, -0.25) is 4.79 Å². The molecule has 0 radical (unpaired) electrons. The van der Waals surface area contributed by atoms with Gasteiger partial charge >= 0.3 is 6.61 Å². The van der Waals surface area contributed by atoms with Gasteiger partial charge in [-0.05, 0) is 32.4 Å². The van der Waals surface area contributed by atoms with Crippen LogP contribution in [-0.4, -0.2) is 25.6 Å². The van der Waals surface area contributed by atoms with Gasteiger partial charge < -0.3 is 15.4 Å². The van der Waals surface area contributed by atoms with Gasteiger partial charge in [0.2, 0.25) is 5.91 Å². The standard InChI is InChI=1S/C15H20F2N2O2/c1-15(7-4-8-18-10-15)13(20)19-9-11-5-2-3-6-12(11)21-14(16)17/h2-3,5-6,14,18H,4,7-10H2,1H3,(H,19,20). The first-order chi connectivity index (χ1) is 10.0. The van der Waals surface area contributed by atoms with Crippen LogP contribution in [0.1, 0.15) is 25.3 Å². The zero-order valence-corrected chi connectivity index (χ0v) is 12.0. The Balaban J connectivity index is 1.98. The van der Waals surface area contributed by atoms with Crippen molar-refractivity contribution >= 4 is 5.91 Å². The molecule has 1 saturated heterocycles. The highest BCUT2D eigenvalue weighted by Gasteiger charge is 2.34. The Kier molecular flexibility index (Phi) is 5.12. The molecule has 0 spiro atoms. The Labute approximate surface area is 122 Å². The van der Waals surface area contributed by atoms with E-state index in [1.54, 1.807) is 18.2 Å². The van der Waals surface area contributed by atoms with E-state index >= 15 is 0 Å². The Morgan fingerprint density at radius 3 is 2.90 bits per heavy atom. The second kappa shape index (κ2) is 6.85. The monoisotopic (exact) mass is 298 g/mol. The summed E-state index contributed by atoms with van der Waals surface area (Å²) in [5.41, 5.74) is 0.0926. The second-order valence-corrected chi connectivity index (χ2v) is 5.51. The van der Waals surface area contributed by atoms with Crippen molar-refractivity contribution in [2.75, 3.05) is 13.1 Å². The van der Waals surface area contributed by atoms with Gasteiger partial charge in [0.25, 0.3) is 0 Å². The first kappa shape index (κ1) is 15.7. The van der Waals surface area contributed by atoms with E-state index in [4.69, 9.17) is 0 Å². The van der Waals surface area contributed by atoms with E-state index in [1.807, 2.05) is 6.92 Å². The number of para-hydroxylation sites is 1. The van der Waals surface area contributed by atoms with Gasteiger partial charge in [0.15, 0.2) is 0 Å². The molecular formula is C15H20F2N2O2. The van der Waals surface area contributed by atoms with Gasteiger partial charge in [0, 0.05) is 18.7 Å². The lowest BCUT2D eigenvalue weighted by Crippen LogP contribution is -2.48. The molecule has 4 nitrogen and oxygen atoms in total. The molecule has 1 atom stereocenters. The van der Waals surface area contributed by atoms with Crippen LogP contribution in [0, 0.1) is 5.41 Å². The number of alkyl halides is 2. The number of halogens is 2. The van der Waals surface area contributed by atoms with Crippen molar-refractivity contribution < 1.29 is 18.3 Å². The largest absolute Gasteiger partial charge is 0.434 e. The zero-order valence-electron chi connectivity index (χ0n) is 12.0. The number of carbonyl (C=O) groups is 1. The summed E-state index contributed by atoms with van der Waals surface area (Å²) < 4.78 is 29.1. The van der Waals surface area contributed by atoms with Crippen LogP contribution in [0.5, 0.6) is 5.75 Å². The summed E-state index contributed by atoms with van der Waals surface area (Å²) in [7, 11) is 0. The first-order valence-electron chi connectivity index (χ1n) is 7.03. The molecule has 21 heavy (non-hydrogen) atoms. The SMILES string of the molecule is CC1(C(=O)NCc2ccccc2OC(F)F)CCCNC1. The molecule has 1 aliphatic rings. The molecule has 0 bridgehead atoms. The number of ether oxygens (including phenoxy) is 1. The molecule has 0 aromatic heterocycles. The Hall–Kier alpha value is -1.69. The molecular weight excluding hydrogens is 278 g/mol. The van der Waals surface area contributed by atoms with Crippen LogP contribution in [-0.2, 0) is 11.3 Å². The minimum Gasteiger partial charge on any atom is -0.434 e. The van der Waals surface area contributed by atoms with E-state index in [-0.39, 0.29) is 18.2 Å². The topological polar surface area (TPSA) is 50.4 Å². The summed E-state index contributed by atoms with van der Waals surface area (Å²) in [6.45, 7) is 0.775. The molecule has 2 N–H and O–H groups in total. The minimum atomic E-state index is -2.87. The predicted octanol–water partition coefficient (Wildman–Crippen LogP) is 2.29. The van der Waals surface area contributed by atoms with Gasteiger partial charge in [-0.15, -0.1) is 0 Å². The Morgan fingerprint density at radius 1 is 1.48 bits per heavy atom. The number of amides is 1. The van der Waals surface area contributed by atoms with Gasteiger partial charge in [-0.1, -0.05) is 18.2 Å². The fourth-order valence-electron chi connectivity index (χ4n) is 2.50. The molecule has 2 rings (SSSR count). The number of hydrogen-bond acceptors (Lipinski definition) is 3. The number of carbonyl (C=O) groups excluding carboxylic acids is 1. The average molecular weight is 298 g/mol. The van der Waals surface area contributed by atoms with Gasteiger partial charge in [-0.2, -0.15) is 8.78 Å². The lowest BCUT2D eigenvalue weighted by atomic mass is 9.82. The van der Waals surface area contributed by atoms with Crippen molar-refractivity contribution in [2.45, 2.75) is 32.9 Å². The summed E-state index contributed by atoms with van der Waals surface area (Å²) in [6, 6.07) is 6.48. The van der Waals surface area contributed by atoms with Crippen LogP contribution in [0.3, 0.4) is 0 Å². The van der Waals surface area contributed by atoms with Crippen molar-refractivity contribution in [3.05, 3.63) is 29.8 Å². The van der Waals surface area contributed by atoms with E-state index in [0.717, 1.165) is 19.4 Å². The van der Waals surface area contributed by atoms with Gasteiger partial charge in [0.1, 0.15) is 5.75 Å². The molecule has 6 heteroatoms. The third kappa shape index (κ3) is 4.14. The molecule has 0 saturated carbocycles. The summed E-state index contributed by atoms with van der Waals surface area (Å²) in [5, 5.41) is 6.03. The van der Waals surface area contributed by atoms with Crippen LogP contribution >= 0.6 is 0 Å². The highest BCUT2D eigenvalue weighted by atomic mass is 19.3. The van der Waals surface area contributed by atoms with Crippen LogP contribution in [0.15, 0.2) is 24.3 Å². The van der Waals surface area contributed by atoms with Gasteiger partial charge in [0.05, 0.1) is 5.41 Å². The first-order valence-corrected chi connectivity index (χ1v) is 7.03. The fraction of sp³-hybridized carbons (Fsp3) is 0.533. The van der Waals surface area contributed by atoms with Gasteiger partial charge in [-0.25, -0.2) is 0 Å². The number of nitrogens with one attached hydrogen (secondary N) is 2. The molecule has 1 fully saturated rings. The second-order valence-electron chi connectivity index (χ2n) is 5.51. The minimum absolute atomic E-state index is 0.0680. The fourth-order valence-corrected chi connectivity index (χ4v) is 2.50. The Bertz CT molecular complexity index is 488. The third-order valence-electron chi connectivity index (χ3n) is 3.77. The Morgan fingerprint density at radius 2 is 2.24 bits per heavy atom. The summed E-state index contributed by atoms with van der Waals surface area (Å²) in [5.74, 6) is 0.0290. The molecule has 1 aromatic carbocycles. The lowest BCUT2D eigenvalue weighted by molar-refractivity contribution is -0.131. The number of benzene rings is 1. The van der Waals surface area contributed by atoms with E-state index in [2.05, 4.69) is 15.4 Å². The predicted molar refractivity (Wildman–Crippen MR) is 75.1 cm³/mol. The maximum Gasteiger partial charge on any atom is 0.387 e. The molecule has 1 aliphatic heterocycles. The summed E-state index contributed by atoms with van der Waals surface area (Å²) in [4.78, 5) is 12.3. The van der Waals surface area contributed by atoms with E-state index in [9.17, 15) is 13.6 Å². The molecule has 116 valence electrons. The summed E-state index contributed by atoms with van der Waals surface area (Å²) in [6.07, 6.45) is 1.77. The summed E-state index contributed by atoms with van der Waals surface area (Å²) >= 11 is 0. The molecule has 1 aromatic rings. The lowest BCUT2D eigenvalue weighted by Gasteiger charge is -2.32. The van der Waals surface area contributed by atoms with Crippen LogP contribution in [0.4, 0.5) is 8.78 Å². The van der Waals surface area contributed by atoms with E-state index in [0.29, 0.717) is 12.1 Å². The highest BCUT2D eigenvalue weighted by molar-refractivity contribution is 5.82. The normalized spacial score (nSPS) is 22.1. The van der Waals surface area contributed by atoms with Crippen molar-refractivity contribution in [3.8, 4) is 5.75 Å². The smallest absolute Gasteiger partial charge is 0.387 e. The average Bonchev–Trinajstić information content (AvgIpc) is 2.46. The van der Waals surface area contributed by atoms with Crippen LogP contribution < -0.4 is 15.4 Å². The third-order valence-corrected chi connectivity index (χ3v) is 3.77. The van der Waals surface area contributed by atoms with Crippen molar-refractivity contribution in [1.29, 1.82) is 0 Å². The van der Waals surface area contributed by atoms with Crippen LogP contribution in [0.2, 0.25) is 0 Å².